The number of nitrogens with one attached hydrogen (secondary N) is 1. The third-order valence-corrected chi connectivity index (χ3v) is 5.07. The van der Waals surface area contributed by atoms with Crippen molar-refractivity contribution in [2.75, 3.05) is 30.4 Å². The highest BCUT2D eigenvalue weighted by molar-refractivity contribution is 9.10. The van der Waals surface area contributed by atoms with Crippen LogP contribution in [0, 0.1) is 0 Å². The van der Waals surface area contributed by atoms with Crippen molar-refractivity contribution in [2.24, 2.45) is 0 Å². The molecule has 6 heteroatoms. The van der Waals surface area contributed by atoms with Crippen molar-refractivity contribution in [1.82, 2.24) is 0 Å². The predicted molar refractivity (Wildman–Crippen MR) is 111 cm³/mol. The van der Waals surface area contributed by atoms with E-state index in [1.165, 1.54) is 6.08 Å². The lowest BCUT2D eigenvalue weighted by Gasteiger charge is -2.22. The minimum absolute atomic E-state index is 0.213. The fraction of sp³-hybridized carbons (Fsp3) is 0.250. The molecule has 26 heavy (non-hydrogen) atoms. The van der Waals surface area contributed by atoms with E-state index in [9.17, 15) is 4.79 Å². The second kappa shape index (κ2) is 8.60. The van der Waals surface area contributed by atoms with Crippen LogP contribution in [0.25, 0.3) is 6.08 Å². The van der Waals surface area contributed by atoms with Gasteiger partial charge in [0.15, 0.2) is 0 Å². The maximum atomic E-state index is 12.4. The largest absolute Gasteiger partial charge is 0.496 e. The summed E-state index contributed by atoms with van der Waals surface area (Å²) in [6, 6.07) is 11.2. The van der Waals surface area contributed by atoms with E-state index >= 15 is 0 Å². The zero-order valence-corrected chi connectivity index (χ0v) is 16.8. The van der Waals surface area contributed by atoms with Crippen molar-refractivity contribution in [1.29, 1.82) is 0 Å². The fourth-order valence-corrected chi connectivity index (χ4v) is 3.73. The molecular formula is C20H20BrClN2O2. The highest BCUT2D eigenvalue weighted by atomic mass is 79.9. The lowest BCUT2D eigenvalue weighted by Crippen LogP contribution is -2.21. The van der Waals surface area contributed by atoms with Gasteiger partial charge in [0, 0.05) is 29.2 Å². The maximum Gasteiger partial charge on any atom is 0.248 e. The summed E-state index contributed by atoms with van der Waals surface area (Å²) in [4.78, 5) is 14.7. The van der Waals surface area contributed by atoms with Crippen LogP contribution in [0.3, 0.4) is 0 Å². The molecule has 1 amide bonds. The quantitative estimate of drug-likeness (QED) is 0.643. The Morgan fingerprint density at radius 2 is 2.04 bits per heavy atom. The van der Waals surface area contributed by atoms with E-state index in [1.54, 1.807) is 13.2 Å². The van der Waals surface area contributed by atoms with E-state index in [2.05, 4.69) is 26.1 Å². The number of carbonyl (C=O) groups is 1. The van der Waals surface area contributed by atoms with Gasteiger partial charge in [-0.3, -0.25) is 4.79 Å². The van der Waals surface area contributed by atoms with Crippen molar-refractivity contribution < 1.29 is 9.53 Å². The van der Waals surface area contributed by atoms with Gasteiger partial charge in [0.2, 0.25) is 5.91 Å². The molecule has 4 nitrogen and oxygen atoms in total. The summed E-state index contributed by atoms with van der Waals surface area (Å²) in [5.74, 6) is 0.493. The molecule has 136 valence electrons. The van der Waals surface area contributed by atoms with E-state index in [4.69, 9.17) is 16.3 Å². The summed E-state index contributed by atoms with van der Waals surface area (Å²) in [6.07, 6.45) is 5.51. The van der Waals surface area contributed by atoms with E-state index in [1.807, 2.05) is 36.4 Å². The molecule has 1 aliphatic rings. The highest BCUT2D eigenvalue weighted by Gasteiger charge is 2.19. The molecule has 0 unspecified atom stereocenters. The highest BCUT2D eigenvalue weighted by Crippen LogP contribution is 2.36. The van der Waals surface area contributed by atoms with Gasteiger partial charge in [-0.05, 0) is 49.2 Å². The number of benzene rings is 2. The van der Waals surface area contributed by atoms with Gasteiger partial charge < -0.3 is 15.0 Å². The minimum Gasteiger partial charge on any atom is -0.496 e. The Balaban J connectivity index is 1.79. The summed E-state index contributed by atoms with van der Waals surface area (Å²) in [5.41, 5.74) is 2.45. The number of anilines is 2. The molecular weight excluding hydrogens is 416 g/mol. The normalized spacial score (nSPS) is 14.0. The van der Waals surface area contributed by atoms with Crippen molar-refractivity contribution >= 4 is 50.9 Å². The number of hydrogen-bond acceptors (Lipinski definition) is 3. The third-order valence-electron chi connectivity index (χ3n) is 4.27. The van der Waals surface area contributed by atoms with Gasteiger partial charge in [0.05, 0.1) is 23.5 Å². The Hall–Kier alpha value is -1.98. The van der Waals surface area contributed by atoms with Gasteiger partial charge in [0.25, 0.3) is 0 Å². The van der Waals surface area contributed by atoms with E-state index in [0.717, 1.165) is 47.3 Å². The number of halogens is 2. The van der Waals surface area contributed by atoms with Crippen LogP contribution in [0.15, 0.2) is 46.9 Å². The first-order valence-corrected chi connectivity index (χ1v) is 9.61. The molecule has 1 N–H and O–H groups in total. The number of para-hydroxylation sites is 1. The van der Waals surface area contributed by atoms with Gasteiger partial charge in [-0.15, -0.1) is 0 Å². The molecule has 0 spiro atoms. The molecule has 2 aromatic carbocycles. The van der Waals surface area contributed by atoms with Gasteiger partial charge in [-0.2, -0.15) is 0 Å². The lowest BCUT2D eigenvalue weighted by atomic mass is 10.2. The van der Waals surface area contributed by atoms with Crippen LogP contribution in [0.4, 0.5) is 11.4 Å². The van der Waals surface area contributed by atoms with Crippen molar-refractivity contribution in [3.8, 4) is 5.75 Å². The number of nitrogens with zero attached hydrogens (tertiary/aromatic N) is 1. The minimum atomic E-state index is -0.213. The van der Waals surface area contributed by atoms with Gasteiger partial charge in [-0.1, -0.05) is 33.6 Å². The second-order valence-electron chi connectivity index (χ2n) is 6.04. The predicted octanol–water partition coefficient (Wildman–Crippen LogP) is 5.36. The van der Waals surface area contributed by atoms with Crippen LogP contribution < -0.4 is 15.0 Å². The van der Waals surface area contributed by atoms with Gasteiger partial charge in [-0.25, -0.2) is 0 Å². The van der Waals surface area contributed by atoms with E-state index in [-0.39, 0.29) is 5.91 Å². The smallest absolute Gasteiger partial charge is 0.248 e. The summed E-state index contributed by atoms with van der Waals surface area (Å²) in [7, 11) is 1.61. The standard InChI is InChI=1S/C20H20BrClN2O2/c1-26-18-9-8-15(21)13-14(18)7-10-19(25)23-17-6-4-5-16(22)20(17)24-11-2-3-12-24/h4-10,13H,2-3,11-12H2,1H3,(H,23,25). The topological polar surface area (TPSA) is 41.6 Å². The molecule has 0 aliphatic carbocycles. The number of hydrogen-bond donors (Lipinski definition) is 1. The summed E-state index contributed by atoms with van der Waals surface area (Å²) >= 11 is 9.82. The Labute approximate surface area is 166 Å². The summed E-state index contributed by atoms with van der Waals surface area (Å²) in [5, 5.41) is 3.60. The van der Waals surface area contributed by atoms with Crippen molar-refractivity contribution in [3.63, 3.8) is 0 Å². The first kappa shape index (κ1) is 18.8. The molecule has 0 saturated carbocycles. The van der Waals surface area contributed by atoms with Crippen molar-refractivity contribution in [2.45, 2.75) is 12.8 Å². The number of rotatable bonds is 5. The molecule has 1 saturated heterocycles. The lowest BCUT2D eigenvalue weighted by molar-refractivity contribution is -0.111. The molecule has 0 aromatic heterocycles. The molecule has 3 rings (SSSR count). The molecule has 0 radical (unpaired) electrons. The van der Waals surface area contributed by atoms with Crippen LogP contribution >= 0.6 is 27.5 Å². The average Bonchev–Trinajstić information content (AvgIpc) is 3.14. The SMILES string of the molecule is COc1ccc(Br)cc1C=CC(=O)Nc1cccc(Cl)c1N1CCCC1. The van der Waals surface area contributed by atoms with Crippen LogP contribution in [-0.4, -0.2) is 26.1 Å². The molecule has 1 heterocycles. The molecule has 0 bridgehead atoms. The first-order chi connectivity index (χ1) is 12.6. The third kappa shape index (κ3) is 4.40. The number of carbonyl (C=O) groups excluding carboxylic acids is 1. The average molecular weight is 436 g/mol. The van der Waals surface area contributed by atoms with Gasteiger partial charge in [0.1, 0.15) is 5.75 Å². The molecule has 1 aliphatic heterocycles. The Morgan fingerprint density at radius 1 is 1.27 bits per heavy atom. The zero-order valence-electron chi connectivity index (χ0n) is 14.5. The number of ether oxygens (including phenoxy) is 1. The fourth-order valence-electron chi connectivity index (χ4n) is 3.05. The molecule has 2 aromatic rings. The monoisotopic (exact) mass is 434 g/mol. The van der Waals surface area contributed by atoms with Gasteiger partial charge >= 0.3 is 0 Å². The van der Waals surface area contributed by atoms with Crippen LogP contribution in [-0.2, 0) is 4.79 Å². The van der Waals surface area contributed by atoms with Crippen LogP contribution in [0.2, 0.25) is 5.02 Å². The number of methoxy groups -OCH3 is 1. The Bertz CT molecular complexity index is 833. The zero-order chi connectivity index (χ0) is 18.5. The summed E-state index contributed by atoms with van der Waals surface area (Å²) in [6.45, 7) is 1.91. The maximum absolute atomic E-state index is 12.4. The second-order valence-corrected chi connectivity index (χ2v) is 7.36. The van der Waals surface area contributed by atoms with Crippen LogP contribution in [0.5, 0.6) is 5.75 Å². The van der Waals surface area contributed by atoms with Crippen molar-refractivity contribution in [3.05, 3.63) is 57.5 Å². The molecule has 0 atom stereocenters. The Kier molecular flexibility index (Phi) is 6.22. The molecule has 1 fully saturated rings. The Morgan fingerprint density at radius 3 is 2.77 bits per heavy atom. The van der Waals surface area contributed by atoms with Crippen LogP contribution in [0.1, 0.15) is 18.4 Å². The summed E-state index contributed by atoms with van der Waals surface area (Å²) < 4.78 is 6.25. The van der Waals surface area contributed by atoms with E-state index in [0.29, 0.717) is 10.8 Å². The van der Waals surface area contributed by atoms with E-state index < -0.39 is 0 Å². The first-order valence-electron chi connectivity index (χ1n) is 8.44. The number of amides is 1.